The van der Waals surface area contributed by atoms with E-state index in [1.807, 2.05) is 22.8 Å². The van der Waals surface area contributed by atoms with Gasteiger partial charge in [-0.1, -0.05) is 11.8 Å². The minimum Gasteiger partial charge on any atom is -0.384 e. The number of anilines is 1. The van der Waals surface area contributed by atoms with Crippen molar-refractivity contribution in [1.29, 1.82) is 0 Å². The monoisotopic (exact) mass is 353 g/mol. The summed E-state index contributed by atoms with van der Waals surface area (Å²) in [7, 11) is 0. The van der Waals surface area contributed by atoms with Crippen LogP contribution >= 0.6 is 11.3 Å². The van der Waals surface area contributed by atoms with Gasteiger partial charge in [0.05, 0.1) is 0 Å². The fraction of sp³-hybridized carbons (Fsp3) is 0.333. The molecule has 0 saturated carbocycles. The van der Waals surface area contributed by atoms with E-state index in [1.165, 1.54) is 4.88 Å². The maximum atomic E-state index is 8.77. The van der Waals surface area contributed by atoms with E-state index < -0.39 is 0 Å². The summed E-state index contributed by atoms with van der Waals surface area (Å²) in [6.07, 6.45) is 3.65. The Morgan fingerprint density at radius 3 is 2.92 bits per heavy atom. The zero-order chi connectivity index (χ0) is 17.1. The summed E-state index contributed by atoms with van der Waals surface area (Å²) in [4.78, 5) is 10.3. The molecule has 1 aliphatic heterocycles. The summed E-state index contributed by atoms with van der Waals surface area (Å²) in [6.45, 7) is 4.82. The number of imidazole rings is 1. The minimum atomic E-state index is -0.0912. The lowest BCUT2D eigenvalue weighted by Crippen LogP contribution is -2.46. The summed E-state index contributed by atoms with van der Waals surface area (Å²) in [5.41, 5.74) is 1.87. The van der Waals surface area contributed by atoms with Gasteiger partial charge in [0.2, 0.25) is 0 Å². The second kappa shape index (κ2) is 7.23. The van der Waals surface area contributed by atoms with Crippen molar-refractivity contribution in [3.63, 3.8) is 0 Å². The summed E-state index contributed by atoms with van der Waals surface area (Å²) in [6, 6.07) is 6.17. The second-order valence-electron chi connectivity index (χ2n) is 5.95. The molecule has 6 nitrogen and oxygen atoms in total. The van der Waals surface area contributed by atoms with Crippen molar-refractivity contribution in [3.05, 3.63) is 46.4 Å². The molecule has 0 aliphatic carbocycles. The average molecular weight is 353 g/mol. The molecule has 1 saturated heterocycles. The van der Waals surface area contributed by atoms with Gasteiger partial charge in [0.25, 0.3) is 0 Å². The highest BCUT2D eigenvalue weighted by molar-refractivity contribution is 7.10. The molecule has 4 rings (SSSR count). The molecule has 7 heteroatoms. The van der Waals surface area contributed by atoms with Gasteiger partial charge in [-0.3, -0.25) is 4.90 Å². The molecule has 25 heavy (non-hydrogen) atoms. The van der Waals surface area contributed by atoms with Gasteiger partial charge in [0.1, 0.15) is 12.4 Å². The summed E-state index contributed by atoms with van der Waals surface area (Å²) in [5.74, 6) is 6.66. The smallest absolute Gasteiger partial charge is 0.153 e. The summed E-state index contributed by atoms with van der Waals surface area (Å²) in [5, 5.41) is 15.4. The van der Waals surface area contributed by atoms with Gasteiger partial charge in [0.15, 0.2) is 5.65 Å². The average Bonchev–Trinajstić information content (AvgIpc) is 3.29. The summed E-state index contributed by atoms with van der Waals surface area (Å²) < 4.78 is 1.82. The first kappa shape index (κ1) is 16.1. The second-order valence-corrected chi connectivity index (χ2v) is 6.94. The van der Waals surface area contributed by atoms with Crippen molar-refractivity contribution in [2.45, 2.75) is 6.54 Å². The molecule has 0 radical (unpaired) electrons. The van der Waals surface area contributed by atoms with Crippen molar-refractivity contribution >= 4 is 22.8 Å². The van der Waals surface area contributed by atoms with Crippen LogP contribution < -0.4 is 4.90 Å². The molecule has 1 fully saturated rings. The number of thiophene rings is 1. The van der Waals surface area contributed by atoms with Crippen molar-refractivity contribution in [1.82, 2.24) is 19.5 Å². The molecule has 1 aliphatic rings. The van der Waals surface area contributed by atoms with Crippen LogP contribution in [0.2, 0.25) is 0 Å². The van der Waals surface area contributed by atoms with Crippen LogP contribution in [0.4, 0.5) is 5.82 Å². The van der Waals surface area contributed by atoms with Crippen molar-refractivity contribution in [3.8, 4) is 11.8 Å². The standard InChI is InChI=1S/C18H19N5OS/c24-11-1-2-15-12-16(25-14-15)13-21-7-9-22(10-8-21)18-4-3-17-19-5-6-23(17)20-18/h3-6,12,14,24H,7-11,13H2. The van der Waals surface area contributed by atoms with Gasteiger partial charge in [-0.2, -0.15) is 0 Å². The number of nitrogens with zero attached hydrogens (tertiary/aromatic N) is 5. The van der Waals surface area contributed by atoms with Gasteiger partial charge >= 0.3 is 0 Å². The zero-order valence-corrected chi connectivity index (χ0v) is 14.6. The number of hydrogen-bond acceptors (Lipinski definition) is 6. The Balaban J connectivity index is 1.35. The van der Waals surface area contributed by atoms with Crippen molar-refractivity contribution in [2.75, 3.05) is 37.7 Å². The number of aliphatic hydroxyl groups excluding tert-OH is 1. The van der Waals surface area contributed by atoms with Crippen LogP contribution in [0, 0.1) is 11.8 Å². The molecule has 128 valence electrons. The number of rotatable bonds is 3. The zero-order valence-electron chi connectivity index (χ0n) is 13.8. The molecule has 0 bridgehead atoms. The molecule has 0 aromatic carbocycles. The lowest BCUT2D eigenvalue weighted by molar-refractivity contribution is 0.251. The Hall–Kier alpha value is -2.40. The number of aliphatic hydroxyl groups is 1. The first-order chi connectivity index (χ1) is 12.3. The Morgan fingerprint density at radius 2 is 2.08 bits per heavy atom. The van der Waals surface area contributed by atoms with Gasteiger partial charge in [-0.25, -0.2) is 9.50 Å². The third-order valence-corrected chi connectivity index (χ3v) is 5.20. The number of fused-ring (bicyclic) bond motifs is 1. The Labute approximate surface area is 150 Å². The van der Waals surface area contributed by atoms with Crippen LogP contribution in [0.1, 0.15) is 10.4 Å². The number of aromatic nitrogens is 3. The topological polar surface area (TPSA) is 56.9 Å². The Kier molecular flexibility index (Phi) is 4.65. The predicted octanol–water partition coefficient (Wildman–Crippen LogP) is 1.46. The van der Waals surface area contributed by atoms with E-state index in [-0.39, 0.29) is 6.61 Å². The van der Waals surface area contributed by atoms with Crippen LogP contribution in [0.5, 0.6) is 0 Å². The molecular formula is C18H19N5OS. The van der Waals surface area contributed by atoms with E-state index in [0.717, 1.165) is 49.8 Å². The van der Waals surface area contributed by atoms with E-state index in [0.29, 0.717) is 0 Å². The number of piperazine rings is 1. The molecule has 0 spiro atoms. The third kappa shape index (κ3) is 3.66. The molecule has 1 N–H and O–H groups in total. The van der Waals surface area contributed by atoms with Crippen molar-refractivity contribution < 1.29 is 5.11 Å². The quantitative estimate of drug-likeness (QED) is 0.723. The normalized spacial score (nSPS) is 15.3. The van der Waals surface area contributed by atoms with Gasteiger partial charge in [-0.15, -0.1) is 16.4 Å². The molecule has 0 atom stereocenters. The van der Waals surface area contributed by atoms with E-state index in [2.05, 4.69) is 43.2 Å². The van der Waals surface area contributed by atoms with Gasteiger partial charge in [0, 0.05) is 60.9 Å². The molecule has 0 unspecified atom stereocenters. The minimum absolute atomic E-state index is 0.0912. The van der Waals surface area contributed by atoms with Gasteiger partial charge < -0.3 is 10.0 Å². The Bertz CT molecular complexity index is 914. The molecular weight excluding hydrogens is 334 g/mol. The van der Waals surface area contributed by atoms with Crippen LogP contribution in [-0.4, -0.2) is 57.4 Å². The number of hydrogen-bond donors (Lipinski definition) is 1. The first-order valence-corrected chi connectivity index (χ1v) is 9.14. The van der Waals surface area contributed by atoms with E-state index in [9.17, 15) is 0 Å². The first-order valence-electron chi connectivity index (χ1n) is 8.27. The lowest BCUT2D eigenvalue weighted by atomic mass is 10.2. The highest BCUT2D eigenvalue weighted by atomic mass is 32.1. The van der Waals surface area contributed by atoms with Gasteiger partial charge in [-0.05, 0) is 18.2 Å². The maximum absolute atomic E-state index is 8.77. The van der Waals surface area contributed by atoms with E-state index in [1.54, 1.807) is 17.5 Å². The maximum Gasteiger partial charge on any atom is 0.153 e. The Morgan fingerprint density at radius 1 is 1.20 bits per heavy atom. The van der Waals surface area contributed by atoms with Crippen molar-refractivity contribution in [2.24, 2.45) is 0 Å². The van der Waals surface area contributed by atoms with Crippen LogP contribution in [0.25, 0.3) is 5.65 Å². The third-order valence-electron chi connectivity index (χ3n) is 4.28. The highest BCUT2D eigenvalue weighted by Crippen LogP contribution is 2.19. The molecule has 0 amide bonds. The van der Waals surface area contributed by atoms with E-state index in [4.69, 9.17) is 5.11 Å². The van der Waals surface area contributed by atoms with E-state index >= 15 is 0 Å². The molecule has 3 aromatic heterocycles. The lowest BCUT2D eigenvalue weighted by Gasteiger charge is -2.35. The SMILES string of the molecule is OCC#Cc1csc(CN2CCN(c3ccc4nccn4n3)CC2)c1. The van der Waals surface area contributed by atoms with Crippen LogP contribution in [0.3, 0.4) is 0 Å². The molecule has 3 aromatic rings. The fourth-order valence-electron chi connectivity index (χ4n) is 3.00. The van der Waals surface area contributed by atoms with Crippen LogP contribution in [-0.2, 0) is 6.54 Å². The fourth-order valence-corrected chi connectivity index (χ4v) is 3.86. The molecule has 4 heterocycles. The van der Waals surface area contributed by atoms with Crippen LogP contribution in [0.15, 0.2) is 36.0 Å². The predicted molar refractivity (Wildman–Crippen MR) is 98.8 cm³/mol. The largest absolute Gasteiger partial charge is 0.384 e. The summed E-state index contributed by atoms with van der Waals surface area (Å²) >= 11 is 1.73. The highest BCUT2D eigenvalue weighted by Gasteiger charge is 2.19.